The molecule has 11 nitrogen and oxygen atoms in total. The van der Waals surface area contributed by atoms with E-state index in [1.807, 2.05) is 27.7 Å². The predicted molar refractivity (Wildman–Crippen MR) is 130 cm³/mol. The van der Waals surface area contributed by atoms with Gasteiger partial charge in [-0.25, -0.2) is 0 Å². The number of carbonyl (C=O) groups is 2. The molecule has 188 valence electrons. The van der Waals surface area contributed by atoms with E-state index in [1.165, 1.54) is 11.2 Å². The second kappa shape index (κ2) is 10.1. The van der Waals surface area contributed by atoms with Gasteiger partial charge in [0.25, 0.3) is 11.8 Å². The lowest BCUT2D eigenvalue weighted by molar-refractivity contribution is -0.128. The van der Waals surface area contributed by atoms with Crippen LogP contribution in [0.3, 0.4) is 0 Å². The maximum atomic E-state index is 13.7. The number of aromatic nitrogens is 4. The summed E-state index contributed by atoms with van der Waals surface area (Å²) >= 11 is 0. The van der Waals surface area contributed by atoms with Crippen molar-refractivity contribution in [3.8, 4) is 17.3 Å². The second-order valence-corrected chi connectivity index (χ2v) is 9.17. The zero-order valence-corrected chi connectivity index (χ0v) is 20.8. The van der Waals surface area contributed by atoms with Crippen LogP contribution < -0.4 is 15.0 Å². The zero-order valence-electron chi connectivity index (χ0n) is 20.8. The highest BCUT2D eigenvalue weighted by Gasteiger charge is 2.36. The van der Waals surface area contributed by atoms with E-state index >= 15 is 0 Å². The first-order valence-electron chi connectivity index (χ1n) is 11.3. The fourth-order valence-corrected chi connectivity index (χ4v) is 3.60. The quantitative estimate of drug-likeness (QED) is 0.396. The molecule has 1 unspecified atom stereocenters. The molecule has 1 atom stereocenters. The van der Waals surface area contributed by atoms with Crippen LogP contribution in [0.1, 0.15) is 38.3 Å². The minimum atomic E-state index is -1.09. The fourth-order valence-electron chi connectivity index (χ4n) is 3.60. The van der Waals surface area contributed by atoms with Crippen LogP contribution in [0.2, 0.25) is 0 Å². The number of anilines is 1. The van der Waals surface area contributed by atoms with E-state index in [0.29, 0.717) is 28.7 Å². The van der Waals surface area contributed by atoms with Gasteiger partial charge in [0.2, 0.25) is 5.82 Å². The number of aryl methyl sites for hydroxylation is 1. The third-order valence-electron chi connectivity index (χ3n) is 5.13. The van der Waals surface area contributed by atoms with Gasteiger partial charge >= 0.3 is 0 Å². The summed E-state index contributed by atoms with van der Waals surface area (Å²) in [6.45, 7) is 7.11. The molecule has 36 heavy (non-hydrogen) atoms. The summed E-state index contributed by atoms with van der Waals surface area (Å²) in [7, 11) is 1.55. The first kappa shape index (κ1) is 24.7. The van der Waals surface area contributed by atoms with Crippen molar-refractivity contribution in [1.82, 2.24) is 25.5 Å². The van der Waals surface area contributed by atoms with E-state index in [1.54, 1.807) is 55.6 Å². The van der Waals surface area contributed by atoms with Crippen molar-refractivity contribution in [3.63, 3.8) is 0 Å². The standard InChI is InChI=1S/C25H28N6O5/c1-16-8-13-20(36-16)23-27-29-30(28-23)15-21(32)31(17-9-11-18(34-5)12-10-17)22(19-7-6-14-35-19)24(33)26-25(2,3)4/h6-14,22H,15H2,1-5H3,(H,26,33). The predicted octanol–water partition coefficient (Wildman–Crippen LogP) is 3.53. The Hall–Kier alpha value is -4.41. The molecule has 2 amide bonds. The molecule has 0 aliphatic carbocycles. The third-order valence-corrected chi connectivity index (χ3v) is 5.13. The number of benzene rings is 1. The molecular weight excluding hydrogens is 464 g/mol. The van der Waals surface area contributed by atoms with Crippen LogP contribution in [-0.4, -0.2) is 44.7 Å². The van der Waals surface area contributed by atoms with Gasteiger partial charge in [-0.1, -0.05) is 0 Å². The number of hydrogen-bond acceptors (Lipinski definition) is 8. The summed E-state index contributed by atoms with van der Waals surface area (Å²) < 4.78 is 16.4. The van der Waals surface area contributed by atoms with Gasteiger partial charge in [0, 0.05) is 11.2 Å². The monoisotopic (exact) mass is 492 g/mol. The van der Waals surface area contributed by atoms with E-state index < -0.39 is 23.4 Å². The molecule has 0 saturated carbocycles. The Kier molecular flexibility index (Phi) is 6.91. The van der Waals surface area contributed by atoms with Crippen LogP contribution in [0.4, 0.5) is 5.69 Å². The number of tetrazole rings is 1. The Labute approximate surface area is 208 Å². The average molecular weight is 493 g/mol. The van der Waals surface area contributed by atoms with Crippen molar-refractivity contribution < 1.29 is 23.2 Å². The Balaban J connectivity index is 1.71. The van der Waals surface area contributed by atoms with E-state index in [-0.39, 0.29) is 12.4 Å². The number of furan rings is 2. The number of amides is 2. The minimum absolute atomic E-state index is 0.250. The van der Waals surface area contributed by atoms with Gasteiger partial charge in [0.15, 0.2) is 11.8 Å². The highest BCUT2D eigenvalue weighted by atomic mass is 16.5. The fraction of sp³-hybridized carbons (Fsp3) is 0.320. The third kappa shape index (κ3) is 5.62. The van der Waals surface area contributed by atoms with E-state index in [9.17, 15) is 9.59 Å². The molecule has 3 heterocycles. The minimum Gasteiger partial charge on any atom is -0.497 e. The lowest BCUT2D eigenvalue weighted by Gasteiger charge is -2.32. The average Bonchev–Trinajstić information content (AvgIpc) is 3.58. The van der Waals surface area contributed by atoms with Gasteiger partial charge in [0.1, 0.15) is 23.8 Å². The Morgan fingerprint density at radius 2 is 1.89 bits per heavy atom. The highest BCUT2D eigenvalue weighted by molar-refractivity contribution is 6.01. The van der Waals surface area contributed by atoms with Crippen molar-refractivity contribution >= 4 is 17.5 Å². The Morgan fingerprint density at radius 1 is 1.14 bits per heavy atom. The molecule has 1 N–H and O–H groups in total. The van der Waals surface area contributed by atoms with Crippen molar-refractivity contribution in [2.24, 2.45) is 0 Å². The first-order valence-corrected chi connectivity index (χ1v) is 11.3. The molecule has 0 aliphatic heterocycles. The normalized spacial score (nSPS) is 12.2. The Bertz CT molecular complexity index is 1320. The zero-order chi connectivity index (χ0) is 25.9. The van der Waals surface area contributed by atoms with Crippen molar-refractivity contribution in [1.29, 1.82) is 0 Å². The maximum Gasteiger partial charge on any atom is 0.251 e. The lowest BCUT2D eigenvalue weighted by Crippen LogP contribution is -2.50. The highest BCUT2D eigenvalue weighted by Crippen LogP contribution is 2.30. The van der Waals surface area contributed by atoms with Crippen LogP contribution >= 0.6 is 0 Å². The number of hydrogen-bond donors (Lipinski definition) is 1. The summed E-state index contributed by atoms with van der Waals surface area (Å²) in [5, 5.41) is 15.2. The van der Waals surface area contributed by atoms with Gasteiger partial charge in [-0.2, -0.15) is 4.80 Å². The molecular formula is C25H28N6O5. The topological polar surface area (TPSA) is 129 Å². The summed E-state index contributed by atoms with van der Waals surface area (Å²) in [6, 6.07) is 12.6. The molecule has 0 fully saturated rings. The van der Waals surface area contributed by atoms with Crippen molar-refractivity contribution in [2.45, 2.75) is 45.8 Å². The van der Waals surface area contributed by atoms with Gasteiger partial charge < -0.3 is 18.9 Å². The lowest BCUT2D eigenvalue weighted by atomic mass is 10.1. The molecule has 0 spiro atoms. The number of ether oxygens (including phenoxy) is 1. The van der Waals surface area contributed by atoms with Crippen molar-refractivity contribution in [3.05, 3.63) is 66.3 Å². The van der Waals surface area contributed by atoms with Crippen molar-refractivity contribution in [2.75, 3.05) is 12.0 Å². The van der Waals surface area contributed by atoms with Gasteiger partial charge in [-0.05, 0) is 81.4 Å². The van der Waals surface area contributed by atoms with E-state index in [2.05, 4.69) is 20.7 Å². The van der Waals surface area contributed by atoms with E-state index in [4.69, 9.17) is 13.6 Å². The van der Waals surface area contributed by atoms with Crippen LogP contribution in [0, 0.1) is 6.92 Å². The van der Waals surface area contributed by atoms with Gasteiger partial charge in [0.05, 0.1) is 13.4 Å². The smallest absolute Gasteiger partial charge is 0.251 e. The molecule has 11 heteroatoms. The van der Waals surface area contributed by atoms with Gasteiger partial charge in [-0.3, -0.25) is 14.5 Å². The van der Waals surface area contributed by atoms with E-state index in [0.717, 1.165) is 4.80 Å². The maximum absolute atomic E-state index is 13.7. The molecule has 4 rings (SSSR count). The van der Waals surface area contributed by atoms with Crippen LogP contribution in [-0.2, 0) is 16.1 Å². The number of carbonyl (C=O) groups excluding carboxylic acids is 2. The Morgan fingerprint density at radius 3 is 2.47 bits per heavy atom. The molecule has 0 bridgehead atoms. The number of rotatable bonds is 8. The summed E-state index contributed by atoms with van der Waals surface area (Å²) in [5.41, 5.74) is -0.0756. The van der Waals surface area contributed by atoms with Gasteiger partial charge in [-0.15, -0.1) is 10.2 Å². The number of nitrogens with zero attached hydrogens (tertiary/aromatic N) is 5. The molecule has 0 saturated heterocycles. The molecule has 3 aromatic heterocycles. The molecule has 0 radical (unpaired) electrons. The van der Waals surface area contributed by atoms with Crippen LogP contribution in [0.5, 0.6) is 5.75 Å². The summed E-state index contributed by atoms with van der Waals surface area (Å²) in [4.78, 5) is 29.8. The molecule has 4 aromatic rings. The number of methoxy groups -OCH3 is 1. The number of nitrogens with one attached hydrogen (secondary N) is 1. The molecule has 0 aliphatic rings. The molecule has 1 aromatic carbocycles. The summed E-state index contributed by atoms with van der Waals surface area (Å²) in [5.74, 6) is 1.45. The summed E-state index contributed by atoms with van der Waals surface area (Å²) in [6.07, 6.45) is 1.46. The second-order valence-electron chi connectivity index (χ2n) is 9.17. The van der Waals surface area contributed by atoms with Crippen LogP contribution in [0.15, 0.2) is 63.6 Å². The first-order chi connectivity index (χ1) is 17.1. The largest absolute Gasteiger partial charge is 0.497 e. The van der Waals surface area contributed by atoms with Crippen LogP contribution in [0.25, 0.3) is 11.6 Å². The SMILES string of the molecule is COc1ccc(N(C(=O)Cn2nnc(-c3ccc(C)o3)n2)C(C(=O)NC(C)(C)C)c2ccco2)cc1.